The number of para-hydroxylation sites is 1. The van der Waals surface area contributed by atoms with Crippen LogP contribution in [0.4, 0.5) is 5.69 Å². The molecule has 50 heavy (non-hydrogen) atoms. The molecule has 0 radical (unpaired) electrons. The standard InChI is InChI=1S/C38H47N5O7/c1-3-26-11-10-13-30(23-26)41(4-2)35(46)25-42-31-14-8-7-12-28(31)24-32(42)38(49)40-29-18-16-27(17-19-29)37(48)39-22-9-5-6-15-36(47)50-43-33(44)20-21-34(43)45/h7-8,10-14,23-24,27,29H,3-6,9,15-22,25H2,1-2H3,(H,39,48)(H,40,49)/t27-,29-. The highest BCUT2D eigenvalue weighted by molar-refractivity contribution is 6.02. The summed E-state index contributed by atoms with van der Waals surface area (Å²) in [5.74, 6) is -2.09. The Morgan fingerprint density at radius 1 is 0.880 bits per heavy atom. The van der Waals surface area contributed by atoms with Gasteiger partial charge in [0.1, 0.15) is 12.2 Å². The van der Waals surface area contributed by atoms with Crippen LogP contribution in [0.1, 0.15) is 94.1 Å². The number of rotatable bonds is 15. The van der Waals surface area contributed by atoms with E-state index in [1.54, 1.807) is 9.47 Å². The fraction of sp³-hybridized carbons (Fsp3) is 0.474. The third-order valence-electron chi connectivity index (χ3n) is 9.57. The van der Waals surface area contributed by atoms with E-state index >= 15 is 0 Å². The average Bonchev–Trinajstić information content (AvgIpc) is 3.65. The largest absolute Gasteiger partial charge is 0.356 e. The third kappa shape index (κ3) is 8.96. The summed E-state index contributed by atoms with van der Waals surface area (Å²) in [4.78, 5) is 81.9. The quantitative estimate of drug-likeness (QED) is 0.172. The van der Waals surface area contributed by atoms with Gasteiger partial charge >= 0.3 is 5.97 Å². The lowest BCUT2D eigenvalue weighted by atomic mass is 9.85. The van der Waals surface area contributed by atoms with Gasteiger partial charge in [0, 0.05) is 60.9 Å². The lowest BCUT2D eigenvalue weighted by molar-refractivity contribution is -0.197. The number of aromatic nitrogens is 1. The average molecular weight is 686 g/mol. The molecular formula is C38H47N5O7. The van der Waals surface area contributed by atoms with Crippen LogP contribution in [0, 0.1) is 5.92 Å². The number of amides is 5. The molecule has 1 aromatic heterocycles. The highest BCUT2D eigenvalue weighted by Crippen LogP contribution is 2.26. The van der Waals surface area contributed by atoms with Crippen molar-refractivity contribution in [3.63, 3.8) is 0 Å². The highest BCUT2D eigenvalue weighted by atomic mass is 16.7. The molecule has 5 rings (SSSR count). The zero-order valence-corrected chi connectivity index (χ0v) is 28.9. The molecule has 2 aliphatic rings. The van der Waals surface area contributed by atoms with E-state index in [-0.39, 0.29) is 55.5 Å². The van der Waals surface area contributed by atoms with Crippen molar-refractivity contribution in [2.24, 2.45) is 5.92 Å². The first kappa shape index (κ1) is 36.3. The predicted octanol–water partition coefficient (Wildman–Crippen LogP) is 4.83. The lowest BCUT2D eigenvalue weighted by Gasteiger charge is -2.28. The summed E-state index contributed by atoms with van der Waals surface area (Å²) < 4.78 is 1.80. The number of nitrogens with one attached hydrogen (secondary N) is 2. The third-order valence-corrected chi connectivity index (χ3v) is 9.57. The lowest BCUT2D eigenvalue weighted by Crippen LogP contribution is -2.42. The second-order valence-electron chi connectivity index (χ2n) is 13.0. The molecule has 2 fully saturated rings. The molecule has 1 saturated heterocycles. The maximum Gasteiger partial charge on any atom is 0.333 e. The summed E-state index contributed by atoms with van der Waals surface area (Å²) >= 11 is 0. The van der Waals surface area contributed by atoms with E-state index in [1.165, 1.54) is 0 Å². The molecule has 2 heterocycles. The number of fused-ring (bicyclic) bond motifs is 1. The SMILES string of the molecule is CCc1cccc(N(CC)C(=O)Cn2c(C(=O)N[C@H]3CC[C@H](C(=O)NCCCCCC(=O)ON4C(=O)CCC4=O)CC3)cc3ccccc32)c1. The smallest absolute Gasteiger partial charge is 0.333 e. The Kier molecular flexibility index (Phi) is 12.4. The van der Waals surface area contributed by atoms with Crippen molar-refractivity contribution in [2.45, 2.75) is 97.1 Å². The molecule has 1 aliphatic carbocycles. The summed E-state index contributed by atoms with van der Waals surface area (Å²) in [6, 6.07) is 17.4. The van der Waals surface area contributed by atoms with E-state index in [9.17, 15) is 28.8 Å². The molecule has 0 bridgehead atoms. The van der Waals surface area contributed by atoms with E-state index in [1.807, 2.05) is 61.5 Å². The molecule has 0 atom stereocenters. The minimum Gasteiger partial charge on any atom is -0.356 e. The zero-order chi connectivity index (χ0) is 35.6. The summed E-state index contributed by atoms with van der Waals surface area (Å²) in [6.45, 7) is 5.04. The van der Waals surface area contributed by atoms with Crippen molar-refractivity contribution in [1.82, 2.24) is 20.3 Å². The van der Waals surface area contributed by atoms with E-state index in [0.717, 1.165) is 28.6 Å². The van der Waals surface area contributed by atoms with Gasteiger partial charge in [-0.3, -0.25) is 24.0 Å². The number of hydrogen-bond donors (Lipinski definition) is 2. The van der Waals surface area contributed by atoms with Gasteiger partial charge in [-0.25, -0.2) is 4.79 Å². The molecule has 0 unspecified atom stereocenters. The van der Waals surface area contributed by atoms with Crippen molar-refractivity contribution >= 4 is 52.1 Å². The molecule has 266 valence electrons. The highest BCUT2D eigenvalue weighted by Gasteiger charge is 2.33. The van der Waals surface area contributed by atoms with Crippen LogP contribution in [0.2, 0.25) is 0 Å². The van der Waals surface area contributed by atoms with Crippen LogP contribution in [0.3, 0.4) is 0 Å². The Morgan fingerprint density at radius 3 is 2.34 bits per heavy atom. The molecule has 1 aliphatic heterocycles. The van der Waals surface area contributed by atoms with Crippen LogP contribution in [-0.4, -0.2) is 64.3 Å². The molecule has 12 nitrogen and oxygen atoms in total. The monoisotopic (exact) mass is 685 g/mol. The van der Waals surface area contributed by atoms with E-state index < -0.39 is 17.8 Å². The zero-order valence-electron chi connectivity index (χ0n) is 28.9. The second kappa shape index (κ2) is 17.1. The van der Waals surface area contributed by atoms with Gasteiger partial charge in [-0.2, -0.15) is 0 Å². The first-order valence-electron chi connectivity index (χ1n) is 17.8. The van der Waals surface area contributed by atoms with E-state index in [2.05, 4.69) is 17.6 Å². The number of carbonyl (C=O) groups excluding carboxylic acids is 6. The molecule has 1 saturated carbocycles. The molecule has 12 heteroatoms. The van der Waals surface area contributed by atoms with Crippen LogP contribution < -0.4 is 15.5 Å². The van der Waals surface area contributed by atoms with Gasteiger partial charge in [0.15, 0.2) is 0 Å². The van der Waals surface area contributed by atoms with Crippen LogP contribution in [-0.2, 0) is 41.8 Å². The fourth-order valence-electron chi connectivity index (χ4n) is 6.73. The normalized spacial score (nSPS) is 17.5. The summed E-state index contributed by atoms with van der Waals surface area (Å²) in [7, 11) is 0. The van der Waals surface area contributed by atoms with Crippen LogP contribution >= 0.6 is 0 Å². The minimum atomic E-state index is -0.618. The number of nitrogens with zero attached hydrogens (tertiary/aromatic N) is 3. The number of imide groups is 1. The molecule has 2 N–H and O–H groups in total. The number of anilines is 1. The first-order chi connectivity index (χ1) is 24.2. The van der Waals surface area contributed by atoms with Crippen LogP contribution in [0.25, 0.3) is 10.9 Å². The van der Waals surface area contributed by atoms with E-state index in [4.69, 9.17) is 4.84 Å². The van der Waals surface area contributed by atoms with Gasteiger partial charge in [-0.15, -0.1) is 5.06 Å². The number of aryl methyl sites for hydroxylation is 1. The first-order valence-corrected chi connectivity index (χ1v) is 17.8. The Hall–Kier alpha value is -5.00. The fourth-order valence-corrected chi connectivity index (χ4v) is 6.73. The Balaban J connectivity index is 1.07. The van der Waals surface area contributed by atoms with Gasteiger partial charge in [0.25, 0.3) is 17.7 Å². The summed E-state index contributed by atoms with van der Waals surface area (Å²) in [6.07, 6.45) is 5.61. The number of likely N-dealkylation sites (N-methyl/N-ethyl adjacent to an activating group) is 1. The Labute approximate surface area is 292 Å². The predicted molar refractivity (Wildman–Crippen MR) is 188 cm³/mol. The molecule has 5 amide bonds. The van der Waals surface area contributed by atoms with Crippen LogP contribution in [0.5, 0.6) is 0 Å². The van der Waals surface area contributed by atoms with Gasteiger partial charge in [-0.05, 0) is 81.7 Å². The van der Waals surface area contributed by atoms with Gasteiger partial charge in [0.2, 0.25) is 11.8 Å². The molecular weight excluding hydrogens is 638 g/mol. The van der Waals surface area contributed by atoms with Gasteiger partial charge < -0.3 is 24.9 Å². The van der Waals surface area contributed by atoms with Crippen molar-refractivity contribution in [3.05, 3.63) is 65.9 Å². The number of carbonyl (C=O) groups is 6. The van der Waals surface area contributed by atoms with Gasteiger partial charge in [-0.1, -0.05) is 43.7 Å². The van der Waals surface area contributed by atoms with Crippen molar-refractivity contribution in [1.29, 1.82) is 0 Å². The second-order valence-corrected chi connectivity index (χ2v) is 13.0. The molecule has 2 aromatic carbocycles. The Morgan fingerprint density at radius 2 is 1.62 bits per heavy atom. The summed E-state index contributed by atoms with van der Waals surface area (Å²) in [5.41, 5.74) is 3.25. The molecule has 0 spiro atoms. The maximum absolute atomic E-state index is 13.7. The number of unbranched alkanes of at least 4 members (excludes halogenated alkanes) is 2. The number of benzene rings is 2. The van der Waals surface area contributed by atoms with Crippen molar-refractivity contribution in [3.8, 4) is 0 Å². The number of hydrogen-bond acceptors (Lipinski definition) is 7. The van der Waals surface area contributed by atoms with Crippen LogP contribution in [0.15, 0.2) is 54.6 Å². The number of hydroxylamine groups is 2. The Bertz CT molecular complexity index is 1710. The van der Waals surface area contributed by atoms with Gasteiger partial charge in [0.05, 0.1) is 0 Å². The van der Waals surface area contributed by atoms with E-state index in [0.29, 0.717) is 68.8 Å². The maximum atomic E-state index is 13.7. The minimum absolute atomic E-state index is 0.0103. The topological polar surface area (TPSA) is 147 Å². The molecule has 3 aromatic rings. The van der Waals surface area contributed by atoms with Crippen molar-refractivity contribution in [2.75, 3.05) is 18.0 Å². The van der Waals surface area contributed by atoms with Crippen molar-refractivity contribution < 1.29 is 33.6 Å². The summed E-state index contributed by atoms with van der Waals surface area (Å²) in [5, 5.41) is 7.59.